The van der Waals surface area contributed by atoms with Gasteiger partial charge in [0.1, 0.15) is 5.82 Å². The molecule has 0 radical (unpaired) electrons. The monoisotopic (exact) mass is 451 g/mol. The molecule has 1 aliphatic rings. The molecule has 0 bridgehead atoms. The first-order valence-electron chi connectivity index (χ1n) is 9.83. The van der Waals surface area contributed by atoms with Crippen molar-refractivity contribution in [1.29, 1.82) is 0 Å². The first-order valence-corrected chi connectivity index (χ1v) is 11.8. The summed E-state index contributed by atoms with van der Waals surface area (Å²) in [5, 5.41) is 3.16. The summed E-state index contributed by atoms with van der Waals surface area (Å²) < 4.78 is 29.1. The van der Waals surface area contributed by atoms with E-state index in [0.29, 0.717) is 25.8 Å². The Bertz CT molecular complexity index is 1300. The number of para-hydroxylation sites is 1. The van der Waals surface area contributed by atoms with E-state index in [9.17, 15) is 13.4 Å². The fraction of sp³-hybridized carbons (Fsp3) is 0.130. The second kappa shape index (κ2) is 8.20. The number of amides is 1. The number of aromatic nitrogens is 1. The van der Waals surface area contributed by atoms with E-state index in [1.165, 1.54) is 29.0 Å². The third-order valence-electron chi connectivity index (χ3n) is 5.16. The number of hydrogen-bond donors (Lipinski definition) is 1. The molecule has 0 spiro atoms. The molecule has 0 fully saturated rings. The molecular weight excluding hydrogens is 433 g/mol. The smallest absolute Gasteiger partial charge is 0.257 e. The predicted octanol–water partition coefficient (Wildman–Crippen LogP) is 5.16. The summed E-state index contributed by atoms with van der Waals surface area (Å²) in [5.74, 6) is -0.658. The standard InChI is InChI=1S/C23H18FN3O2S2/c24-17-9-12-19-21(14-17)30-23(25-19)26-22(28)16-7-10-18(11-8-16)31(29)27-13-3-5-15-4-1-2-6-20(15)27/h1-2,4,6-12,14H,3,5,13H2,(H,25,26,28). The third-order valence-corrected chi connectivity index (χ3v) is 7.55. The van der Waals surface area contributed by atoms with Crippen molar-refractivity contribution in [3.8, 4) is 0 Å². The minimum Gasteiger partial charge on any atom is -0.298 e. The fourth-order valence-electron chi connectivity index (χ4n) is 3.64. The maximum Gasteiger partial charge on any atom is 0.257 e. The topological polar surface area (TPSA) is 62.3 Å². The van der Waals surface area contributed by atoms with Crippen LogP contribution in [0.25, 0.3) is 10.2 Å². The molecule has 31 heavy (non-hydrogen) atoms. The number of halogens is 1. The number of thiazole rings is 1. The summed E-state index contributed by atoms with van der Waals surface area (Å²) in [6.07, 6.45) is 1.94. The van der Waals surface area contributed by atoms with Crippen molar-refractivity contribution in [2.24, 2.45) is 0 Å². The SMILES string of the molecule is O=C(Nc1nc2ccc(F)cc2s1)c1ccc(S(=O)N2CCCc3ccccc32)cc1. The van der Waals surface area contributed by atoms with Gasteiger partial charge in [0.15, 0.2) is 16.1 Å². The molecule has 1 atom stereocenters. The van der Waals surface area contributed by atoms with Crippen molar-refractivity contribution in [3.63, 3.8) is 0 Å². The zero-order chi connectivity index (χ0) is 21.4. The number of nitrogens with zero attached hydrogens (tertiary/aromatic N) is 2. The summed E-state index contributed by atoms with van der Waals surface area (Å²) in [5.41, 5.74) is 3.27. The Morgan fingerprint density at radius 2 is 1.90 bits per heavy atom. The van der Waals surface area contributed by atoms with Crippen molar-refractivity contribution in [2.75, 3.05) is 16.2 Å². The van der Waals surface area contributed by atoms with Crippen molar-refractivity contribution < 1.29 is 13.4 Å². The first kappa shape index (κ1) is 19.8. The average Bonchev–Trinajstić information content (AvgIpc) is 3.19. The summed E-state index contributed by atoms with van der Waals surface area (Å²) in [7, 11) is -1.35. The molecule has 5 nitrogen and oxygen atoms in total. The molecular formula is C23H18FN3O2S2. The van der Waals surface area contributed by atoms with Gasteiger partial charge in [-0.3, -0.25) is 14.4 Å². The van der Waals surface area contributed by atoms with Gasteiger partial charge in [-0.1, -0.05) is 29.5 Å². The number of nitrogens with one attached hydrogen (secondary N) is 1. The number of carbonyl (C=O) groups excluding carboxylic acids is 1. The van der Waals surface area contributed by atoms with Gasteiger partial charge in [-0.15, -0.1) is 0 Å². The zero-order valence-corrected chi connectivity index (χ0v) is 18.0. The minimum atomic E-state index is -1.35. The van der Waals surface area contributed by atoms with Crippen LogP contribution in [0.5, 0.6) is 0 Å². The second-order valence-electron chi connectivity index (χ2n) is 7.19. The summed E-state index contributed by atoms with van der Waals surface area (Å²) >= 11 is 1.22. The Labute approximate surface area is 185 Å². The van der Waals surface area contributed by atoms with Crippen LogP contribution in [-0.4, -0.2) is 21.6 Å². The zero-order valence-electron chi connectivity index (χ0n) is 16.4. The Kier molecular flexibility index (Phi) is 5.25. The second-order valence-corrected chi connectivity index (χ2v) is 9.63. The third kappa shape index (κ3) is 3.96. The van der Waals surface area contributed by atoms with Crippen molar-refractivity contribution >= 4 is 49.3 Å². The van der Waals surface area contributed by atoms with E-state index in [-0.39, 0.29) is 11.7 Å². The van der Waals surface area contributed by atoms with Gasteiger partial charge < -0.3 is 0 Å². The molecule has 1 unspecified atom stereocenters. The molecule has 1 N–H and O–H groups in total. The van der Waals surface area contributed by atoms with Crippen LogP contribution in [0.3, 0.4) is 0 Å². The van der Waals surface area contributed by atoms with Gasteiger partial charge in [-0.2, -0.15) is 0 Å². The molecule has 3 aromatic carbocycles. The number of fused-ring (bicyclic) bond motifs is 2. The van der Waals surface area contributed by atoms with Gasteiger partial charge in [0.25, 0.3) is 5.91 Å². The van der Waals surface area contributed by atoms with Crippen LogP contribution >= 0.6 is 11.3 Å². The summed E-state index contributed by atoms with van der Waals surface area (Å²) in [6, 6.07) is 19.1. The molecule has 1 amide bonds. The number of benzene rings is 3. The Balaban J connectivity index is 1.32. The van der Waals surface area contributed by atoms with Gasteiger partial charge in [0.05, 0.1) is 20.8 Å². The van der Waals surface area contributed by atoms with Gasteiger partial charge >= 0.3 is 0 Å². The van der Waals surface area contributed by atoms with Gasteiger partial charge in [-0.25, -0.2) is 13.6 Å². The van der Waals surface area contributed by atoms with Crippen molar-refractivity contribution in [1.82, 2.24) is 4.98 Å². The highest BCUT2D eigenvalue weighted by atomic mass is 32.2. The minimum absolute atomic E-state index is 0.319. The van der Waals surface area contributed by atoms with E-state index in [0.717, 1.165) is 25.1 Å². The fourth-order valence-corrected chi connectivity index (χ4v) is 5.80. The average molecular weight is 452 g/mol. The highest BCUT2D eigenvalue weighted by Gasteiger charge is 2.22. The normalized spacial score (nSPS) is 14.3. The summed E-state index contributed by atoms with van der Waals surface area (Å²) in [6.45, 7) is 0.726. The molecule has 156 valence electrons. The summed E-state index contributed by atoms with van der Waals surface area (Å²) in [4.78, 5) is 17.6. The van der Waals surface area contributed by atoms with Crippen LogP contribution < -0.4 is 9.62 Å². The number of anilines is 2. The van der Waals surface area contributed by atoms with Crippen LogP contribution in [0, 0.1) is 5.82 Å². The van der Waals surface area contributed by atoms with Crippen LogP contribution in [0.1, 0.15) is 22.3 Å². The molecule has 1 aliphatic heterocycles. The number of aryl methyl sites for hydroxylation is 1. The molecule has 2 heterocycles. The van der Waals surface area contributed by atoms with E-state index >= 15 is 0 Å². The molecule has 1 aromatic heterocycles. The highest BCUT2D eigenvalue weighted by molar-refractivity contribution is 7.86. The predicted molar refractivity (Wildman–Crippen MR) is 122 cm³/mol. The van der Waals surface area contributed by atoms with Gasteiger partial charge in [-0.05, 0) is 66.9 Å². The Hall–Kier alpha value is -3.10. The lowest BCUT2D eigenvalue weighted by Gasteiger charge is -2.29. The van der Waals surface area contributed by atoms with Crippen LogP contribution in [0.2, 0.25) is 0 Å². The molecule has 5 rings (SSSR count). The van der Waals surface area contributed by atoms with Gasteiger partial charge in [0, 0.05) is 12.1 Å². The van der Waals surface area contributed by atoms with Crippen molar-refractivity contribution in [3.05, 3.63) is 83.7 Å². The number of rotatable bonds is 4. The molecule has 0 saturated carbocycles. The molecule has 0 saturated heterocycles. The highest BCUT2D eigenvalue weighted by Crippen LogP contribution is 2.30. The Morgan fingerprint density at radius 1 is 1.10 bits per heavy atom. The molecule has 0 aliphatic carbocycles. The van der Waals surface area contributed by atoms with Crippen LogP contribution in [0.15, 0.2) is 71.6 Å². The van der Waals surface area contributed by atoms with E-state index < -0.39 is 11.0 Å². The first-order chi connectivity index (χ1) is 15.1. The van der Waals surface area contributed by atoms with Crippen LogP contribution in [-0.2, 0) is 17.4 Å². The van der Waals surface area contributed by atoms with E-state index in [2.05, 4.69) is 16.4 Å². The lowest BCUT2D eigenvalue weighted by molar-refractivity contribution is 0.102. The number of hydrogen-bond acceptors (Lipinski definition) is 4. The molecule has 8 heteroatoms. The van der Waals surface area contributed by atoms with E-state index in [4.69, 9.17) is 0 Å². The lowest BCUT2D eigenvalue weighted by Crippen LogP contribution is -2.31. The Morgan fingerprint density at radius 3 is 2.74 bits per heavy atom. The lowest BCUT2D eigenvalue weighted by atomic mass is 10.0. The quantitative estimate of drug-likeness (QED) is 0.466. The molecule has 4 aromatic rings. The van der Waals surface area contributed by atoms with Crippen molar-refractivity contribution in [2.45, 2.75) is 17.7 Å². The van der Waals surface area contributed by atoms with Gasteiger partial charge in [0.2, 0.25) is 0 Å². The van der Waals surface area contributed by atoms with E-state index in [1.807, 2.05) is 22.5 Å². The number of carbonyl (C=O) groups is 1. The maximum atomic E-state index is 13.4. The largest absolute Gasteiger partial charge is 0.298 e. The van der Waals surface area contributed by atoms with E-state index in [1.54, 1.807) is 30.3 Å². The van der Waals surface area contributed by atoms with Crippen LogP contribution in [0.4, 0.5) is 15.2 Å². The maximum absolute atomic E-state index is 13.4.